The first-order chi connectivity index (χ1) is 9.69. The molecule has 0 unspecified atom stereocenters. The summed E-state index contributed by atoms with van der Waals surface area (Å²) in [7, 11) is 0. The minimum absolute atomic E-state index is 0.226. The number of hydrogen-bond acceptors (Lipinski definition) is 4. The third kappa shape index (κ3) is 2.56. The lowest BCUT2D eigenvalue weighted by molar-refractivity contribution is 0.0489. The SMILES string of the molecule is CCOC(=O)c1oc(-c2cccc(Cl)c2)nc1C1CC1. The van der Waals surface area contributed by atoms with E-state index in [1.54, 1.807) is 19.1 Å². The molecule has 1 aliphatic carbocycles. The molecular formula is C15H14ClNO3. The number of carbonyl (C=O) groups is 1. The number of ether oxygens (including phenoxy) is 1. The molecule has 2 aromatic rings. The Bertz CT molecular complexity index is 646. The van der Waals surface area contributed by atoms with Crippen LogP contribution in [0.1, 0.15) is 41.9 Å². The Hall–Kier alpha value is -1.81. The van der Waals surface area contributed by atoms with Crippen LogP contribution in [-0.4, -0.2) is 17.6 Å². The maximum atomic E-state index is 11.9. The van der Waals surface area contributed by atoms with Crippen LogP contribution in [0.5, 0.6) is 0 Å². The molecule has 3 rings (SSSR count). The standard InChI is InChI=1S/C15H14ClNO3/c1-2-19-15(18)13-12(9-6-7-9)17-14(20-13)10-4-3-5-11(16)8-10/h3-5,8-9H,2,6-7H2,1H3. The Morgan fingerprint density at radius 3 is 2.95 bits per heavy atom. The first-order valence-electron chi connectivity index (χ1n) is 6.63. The molecule has 0 radical (unpaired) electrons. The molecule has 0 bridgehead atoms. The highest BCUT2D eigenvalue weighted by molar-refractivity contribution is 6.30. The van der Waals surface area contributed by atoms with E-state index in [1.807, 2.05) is 12.1 Å². The highest BCUT2D eigenvalue weighted by Gasteiger charge is 2.34. The van der Waals surface area contributed by atoms with E-state index in [-0.39, 0.29) is 5.76 Å². The average molecular weight is 292 g/mol. The van der Waals surface area contributed by atoms with Gasteiger partial charge in [0.2, 0.25) is 11.7 Å². The van der Waals surface area contributed by atoms with Crippen molar-refractivity contribution in [3.05, 3.63) is 40.7 Å². The van der Waals surface area contributed by atoms with Gasteiger partial charge in [-0.3, -0.25) is 0 Å². The Kier molecular flexibility index (Phi) is 3.49. The highest BCUT2D eigenvalue weighted by Crippen LogP contribution is 2.42. The molecule has 1 aromatic heterocycles. The van der Waals surface area contributed by atoms with Gasteiger partial charge >= 0.3 is 5.97 Å². The lowest BCUT2D eigenvalue weighted by Crippen LogP contribution is -2.05. The largest absolute Gasteiger partial charge is 0.460 e. The molecule has 0 spiro atoms. The highest BCUT2D eigenvalue weighted by atomic mass is 35.5. The average Bonchev–Trinajstić information content (AvgIpc) is 3.18. The van der Waals surface area contributed by atoms with Crippen LogP contribution >= 0.6 is 11.6 Å². The molecule has 0 atom stereocenters. The van der Waals surface area contributed by atoms with Crippen molar-refractivity contribution in [1.82, 2.24) is 4.98 Å². The van der Waals surface area contributed by atoms with Crippen LogP contribution in [0.4, 0.5) is 0 Å². The third-order valence-corrected chi connectivity index (χ3v) is 3.38. The molecule has 1 saturated carbocycles. The predicted octanol–water partition coefficient (Wildman–Crippen LogP) is 4.05. The molecule has 0 N–H and O–H groups in total. The maximum absolute atomic E-state index is 11.9. The fourth-order valence-electron chi connectivity index (χ4n) is 2.05. The molecular weight excluding hydrogens is 278 g/mol. The normalized spacial score (nSPS) is 14.3. The van der Waals surface area contributed by atoms with Gasteiger partial charge in [0.05, 0.1) is 12.3 Å². The van der Waals surface area contributed by atoms with Crippen molar-refractivity contribution in [2.75, 3.05) is 6.61 Å². The van der Waals surface area contributed by atoms with Crippen molar-refractivity contribution in [3.8, 4) is 11.5 Å². The number of oxazole rings is 1. The smallest absolute Gasteiger partial charge is 0.376 e. The van der Waals surface area contributed by atoms with Gasteiger partial charge in [-0.25, -0.2) is 9.78 Å². The number of carbonyl (C=O) groups excluding carboxylic acids is 1. The van der Waals surface area contributed by atoms with Crippen molar-refractivity contribution < 1.29 is 13.9 Å². The summed E-state index contributed by atoms with van der Waals surface area (Å²) in [6, 6.07) is 7.22. The van der Waals surface area contributed by atoms with Gasteiger partial charge in [-0.05, 0) is 38.0 Å². The summed E-state index contributed by atoms with van der Waals surface area (Å²) in [4.78, 5) is 16.4. The molecule has 1 aromatic carbocycles. The fourth-order valence-corrected chi connectivity index (χ4v) is 2.24. The number of esters is 1. The molecule has 0 saturated heterocycles. The van der Waals surface area contributed by atoms with Crippen molar-refractivity contribution in [1.29, 1.82) is 0 Å². The van der Waals surface area contributed by atoms with E-state index in [0.717, 1.165) is 18.4 Å². The van der Waals surface area contributed by atoms with Crippen LogP contribution in [0.15, 0.2) is 28.7 Å². The molecule has 1 fully saturated rings. The van der Waals surface area contributed by atoms with E-state index in [0.29, 0.717) is 29.1 Å². The van der Waals surface area contributed by atoms with Gasteiger partial charge in [-0.1, -0.05) is 17.7 Å². The van der Waals surface area contributed by atoms with Crippen LogP contribution in [0.25, 0.3) is 11.5 Å². The van der Waals surface area contributed by atoms with Gasteiger partial charge in [0.15, 0.2) is 0 Å². The molecule has 4 nitrogen and oxygen atoms in total. The van der Waals surface area contributed by atoms with E-state index in [9.17, 15) is 4.79 Å². The number of rotatable bonds is 4. The first kappa shape index (κ1) is 13.2. The second-order valence-corrected chi connectivity index (χ2v) is 5.17. The van der Waals surface area contributed by atoms with E-state index < -0.39 is 5.97 Å². The number of nitrogens with zero attached hydrogens (tertiary/aromatic N) is 1. The van der Waals surface area contributed by atoms with Crippen molar-refractivity contribution >= 4 is 17.6 Å². The minimum atomic E-state index is -0.449. The Balaban J connectivity index is 2.00. The summed E-state index contributed by atoms with van der Waals surface area (Å²) in [5, 5.41) is 0.603. The van der Waals surface area contributed by atoms with Crippen LogP contribution in [0.3, 0.4) is 0 Å². The van der Waals surface area contributed by atoms with Crippen molar-refractivity contribution in [2.24, 2.45) is 0 Å². The second-order valence-electron chi connectivity index (χ2n) is 4.74. The van der Waals surface area contributed by atoms with Crippen LogP contribution in [-0.2, 0) is 4.74 Å². The van der Waals surface area contributed by atoms with Crippen LogP contribution in [0.2, 0.25) is 5.02 Å². The Morgan fingerprint density at radius 2 is 2.30 bits per heavy atom. The van der Waals surface area contributed by atoms with Gasteiger partial charge in [0.1, 0.15) is 0 Å². The zero-order chi connectivity index (χ0) is 14.1. The van der Waals surface area contributed by atoms with E-state index in [1.165, 1.54) is 0 Å². The molecule has 5 heteroatoms. The summed E-state index contributed by atoms with van der Waals surface area (Å²) in [6.07, 6.45) is 2.07. The van der Waals surface area contributed by atoms with E-state index in [4.69, 9.17) is 20.8 Å². The number of benzene rings is 1. The molecule has 104 valence electrons. The lowest BCUT2D eigenvalue weighted by atomic mass is 10.2. The zero-order valence-corrected chi connectivity index (χ0v) is 11.8. The summed E-state index contributed by atoms with van der Waals surface area (Å²) in [5.41, 5.74) is 1.47. The summed E-state index contributed by atoms with van der Waals surface area (Å²) < 4.78 is 10.6. The zero-order valence-electron chi connectivity index (χ0n) is 11.1. The summed E-state index contributed by atoms with van der Waals surface area (Å²) >= 11 is 5.97. The maximum Gasteiger partial charge on any atom is 0.376 e. The van der Waals surface area contributed by atoms with E-state index >= 15 is 0 Å². The van der Waals surface area contributed by atoms with E-state index in [2.05, 4.69) is 4.98 Å². The summed E-state index contributed by atoms with van der Waals surface area (Å²) in [6.45, 7) is 2.08. The molecule has 1 aliphatic rings. The van der Waals surface area contributed by atoms with Crippen LogP contribution in [0, 0.1) is 0 Å². The molecule has 1 heterocycles. The van der Waals surface area contributed by atoms with Gasteiger partial charge < -0.3 is 9.15 Å². The fraction of sp³-hybridized carbons (Fsp3) is 0.333. The number of aromatic nitrogens is 1. The van der Waals surface area contributed by atoms with Gasteiger partial charge in [0.25, 0.3) is 0 Å². The number of hydrogen-bond donors (Lipinski definition) is 0. The predicted molar refractivity (Wildman–Crippen MR) is 74.9 cm³/mol. The minimum Gasteiger partial charge on any atom is -0.460 e. The van der Waals surface area contributed by atoms with Crippen molar-refractivity contribution in [2.45, 2.75) is 25.7 Å². The first-order valence-corrected chi connectivity index (χ1v) is 7.00. The lowest BCUT2D eigenvalue weighted by Gasteiger charge is -1.99. The van der Waals surface area contributed by atoms with Crippen molar-refractivity contribution in [3.63, 3.8) is 0 Å². The monoisotopic (exact) mass is 291 g/mol. The molecule has 0 amide bonds. The quantitative estimate of drug-likeness (QED) is 0.798. The van der Waals surface area contributed by atoms with Gasteiger partial charge in [-0.2, -0.15) is 0 Å². The number of halogens is 1. The Labute approximate surface area is 121 Å². The Morgan fingerprint density at radius 1 is 1.50 bits per heavy atom. The molecule has 20 heavy (non-hydrogen) atoms. The summed E-state index contributed by atoms with van der Waals surface area (Å²) in [5.74, 6) is 0.503. The van der Waals surface area contributed by atoms with Gasteiger partial charge in [-0.15, -0.1) is 0 Å². The topological polar surface area (TPSA) is 52.3 Å². The molecule has 0 aliphatic heterocycles. The second kappa shape index (κ2) is 5.29. The third-order valence-electron chi connectivity index (χ3n) is 3.15. The van der Waals surface area contributed by atoms with Crippen LogP contribution < -0.4 is 0 Å². The van der Waals surface area contributed by atoms with Gasteiger partial charge in [0, 0.05) is 16.5 Å².